The third-order valence-electron chi connectivity index (χ3n) is 2.59. The van der Waals surface area contributed by atoms with Gasteiger partial charge in [0.2, 0.25) is 0 Å². The van der Waals surface area contributed by atoms with Crippen molar-refractivity contribution in [1.29, 1.82) is 0 Å². The van der Waals surface area contributed by atoms with E-state index in [0.717, 1.165) is 30.8 Å². The molecule has 0 aromatic carbocycles. The van der Waals surface area contributed by atoms with E-state index in [1.165, 1.54) is 12.8 Å². The standard InChI is InChI=1S/C11H23N3S/c1-9(2)8-13-11(15)12-6-7-14(3)10-4-5-10/h9-10H,4-8H2,1-3H3,(H2,12,13,15). The van der Waals surface area contributed by atoms with Crippen LogP contribution in [0.5, 0.6) is 0 Å². The summed E-state index contributed by atoms with van der Waals surface area (Å²) in [5, 5.41) is 7.22. The first kappa shape index (κ1) is 12.7. The highest BCUT2D eigenvalue weighted by Crippen LogP contribution is 2.24. The van der Waals surface area contributed by atoms with E-state index in [4.69, 9.17) is 12.2 Å². The molecule has 1 rings (SSSR count). The Balaban J connectivity index is 1.96. The summed E-state index contributed by atoms with van der Waals surface area (Å²) in [6.45, 7) is 7.32. The molecule has 0 aromatic rings. The molecule has 2 N–H and O–H groups in total. The Morgan fingerprint density at radius 1 is 1.40 bits per heavy atom. The lowest BCUT2D eigenvalue weighted by atomic mass is 10.2. The van der Waals surface area contributed by atoms with Crippen molar-refractivity contribution in [3.05, 3.63) is 0 Å². The Hall–Kier alpha value is -0.350. The van der Waals surface area contributed by atoms with E-state index in [-0.39, 0.29) is 0 Å². The summed E-state index contributed by atoms with van der Waals surface area (Å²) in [5.41, 5.74) is 0. The van der Waals surface area contributed by atoms with Gasteiger partial charge in [0.25, 0.3) is 0 Å². The van der Waals surface area contributed by atoms with E-state index in [9.17, 15) is 0 Å². The minimum absolute atomic E-state index is 0.638. The van der Waals surface area contributed by atoms with E-state index < -0.39 is 0 Å². The van der Waals surface area contributed by atoms with Gasteiger partial charge in [0.1, 0.15) is 0 Å². The van der Waals surface area contributed by atoms with Crippen LogP contribution in [0.1, 0.15) is 26.7 Å². The van der Waals surface area contributed by atoms with Gasteiger partial charge in [-0.1, -0.05) is 13.8 Å². The fourth-order valence-corrected chi connectivity index (χ4v) is 1.59. The van der Waals surface area contributed by atoms with Crippen molar-refractivity contribution in [2.45, 2.75) is 32.7 Å². The van der Waals surface area contributed by atoms with Crippen LogP contribution < -0.4 is 10.6 Å². The average molecular weight is 229 g/mol. The van der Waals surface area contributed by atoms with E-state index >= 15 is 0 Å². The van der Waals surface area contributed by atoms with Gasteiger partial charge in [-0.2, -0.15) is 0 Å². The molecule has 0 aliphatic heterocycles. The molecule has 0 atom stereocenters. The summed E-state index contributed by atoms with van der Waals surface area (Å²) >= 11 is 5.16. The molecule has 0 heterocycles. The maximum atomic E-state index is 5.16. The van der Waals surface area contributed by atoms with Crippen LogP contribution in [0.3, 0.4) is 0 Å². The lowest BCUT2D eigenvalue weighted by Crippen LogP contribution is -2.40. The van der Waals surface area contributed by atoms with Gasteiger partial charge >= 0.3 is 0 Å². The molecular weight excluding hydrogens is 206 g/mol. The maximum absolute atomic E-state index is 5.16. The lowest BCUT2D eigenvalue weighted by Gasteiger charge is -2.17. The Labute approximate surface area is 98.6 Å². The van der Waals surface area contributed by atoms with Gasteiger partial charge in [-0.3, -0.25) is 0 Å². The summed E-state index contributed by atoms with van der Waals surface area (Å²) in [5.74, 6) is 0.638. The van der Waals surface area contributed by atoms with Crippen molar-refractivity contribution in [3.63, 3.8) is 0 Å². The molecule has 0 bridgehead atoms. The molecular formula is C11H23N3S. The predicted molar refractivity (Wildman–Crippen MR) is 69.1 cm³/mol. The van der Waals surface area contributed by atoms with Crippen LogP contribution in [0.15, 0.2) is 0 Å². The number of hydrogen-bond acceptors (Lipinski definition) is 2. The minimum atomic E-state index is 0.638. The third-order valence-corrected chi connectivity index (χ3v) is 2.88. The van der Waals surface area contributed by atoms with E-state index in [1.54, 1.807) is 0 Å². The second kappa shape index (κ2) is 6.28. The van der Waals surface area contributed by atoms with Crippen molar-refractivity contribution in [3.8, 4) is 0 Å². The average Bonchev–Trinajstić information content (AvgIpc) is 2.97. The summed E-state index contributed by atoms with van der Waals surface area (Å²) in [4.78, 5) is 2.40. The number of hydrogen-bond donors (Lipinski definition) is 2. The molecule has 1 aliphatic carbocycles. The molecule has 88 valence electrons. The Morgan fingerprint density at radius 2 is 2.07 bits per heavy atom. The number of likely N-dealkylation sites (N-methyl/N-ethyl adjacent to an activating group) is 1. The molecule has 1 fully saturated rings. The maximum Gasteiger partial charge on any atom is 0.166 e. The zero-order valence-corrected chi connectivity index (χ0v) is 10.9. The molecule has 3 nitrogen and oxygen atoms in total. The van der Waals surface area contributed by atoms with Gasteiger partial charge in [-0.25, -0.2) is 0 Å². The molecule has 0 spiro atoms. The van der Waals surface area contributed by atoms with Crippen LogP contribution >= 0.6 is 12.2 Å². The smallest absolute Gasteiger partial charge is 0.166 e. The largest absolute Gasteiger partial charge is 0.362 e. The van der Waals surface area contributed by atoms with Gasteiger partial charge < -0.3 is 15.5 Å². The summed E-state index contributed by atoms with van der Waals surface area (Å²) < 4.78 is 0. The fraction of sp³-hybridized carbons (Fsp3) is 0.909. The Morgan fingerprint density at radius 3 is 2.60 bits per heavy atom. The second-order valence-electron chi connectivity index (χ2n) is 4.74. The monoisotopic (exact) mass is 229 g/mol. The summed E-state index contributed by atoms with van der Waals surface area (Å²) in [6, 6.07) is 0.837. The molecule has 0 amide bonds. The summed E-state index contributed by atoms with van der Waals surface area (Å²) in [6.07, 6.45) is 2.74. The third kappa shape index (κ3) is 5.95. The highest BCUT2D eigenvalue weighted by Gasteiger charge is 2.25. The second-order valence-corrected chi connectivity index (χ2v) is 5.15. The minimum Gasteiger partial charge on any atom is -0.362 e. The first-order valence-corrected chi connectivity index (χ1v) is 6.22. The number of nitrogens with one attached hydrogen (secondary N) is 2. The van der Waals surface area contributed by atoms with E-state index in [1.807, 2.05) is 0 Å². The topological polar surface area (TPSA) is 27.3 Å². The quantitative estimate of drug-likeness (QED) is 0.669. The van der Waals surface area contributed by atoms with Crippen molar-refractivity contribution >= 4 is 17.3 Å². The first-order valence-electron chi connectivity index (χ1n) is 5.81. The SMILES string of the molecule is CC(C)CNC(=S)NCCN(C)C1CC1. The van der Waals surface area contributed by atoms with Crippen molar-refractivity contribution in [1.82, 2.24) is 15.5 Å². The van der Waals surface area contributed by atoms with E-state index in [2.05, 4.69) is 36.4 Å². The fourth-order valence-electron chi connectivity index (χ4n) is 1.40. The van der Waals surface area contributed by atoms with Gasteiger partial charge in [-0.05, 0) is 38.0 Å². The Kier molecular flexibility index (Phi) is 5.32. The zero-order chi connectivity index (χ0) is 11.3. The Bertz CT molecular complexity index is 202. The molecule has 4 heteroatoms. The molecule has 0 radical (unpaired) electrons. The number of nitrogens with zero attached hydrogens (tertiary/aromatic N) is 1. The van der Waals surface area contributed by atoms with E-state index in [0.29, 0.717) is 5.92 Å². The molecule has 0 unspecified atom stereocenters. The van der Waals surface area contributed by atoms with Crippen molar-refractivity contribution in [2.24, 2.45) is 5.92 Å². The molecule has 15 heavy (non-hydrogen) atoms. The molecule has 0 saturated heterocycles. The molecule has 1 saturated carbocycles. The predicted octanol–water partition coefficient (Wildman–Crippen LogP) is 1.20. The van der Waals surface area contributed by atoms with Crippen molar-refractivity contribution < 1.29 is 0 Å². The highest BCUT2D eigenvalue weighted by molar-refractivity contribution is 7.80. The molecule has 0 aromatic heterocycles. The summed E-state index contributed by atoms with van der Waals surface area (Å²) in [7, 11) is 2.18. The number of rotatable bonds is 6. The molecule has 1 aliphatic rings. The highest BCUT2D eigenvalue weighted by atomic mass is 32.1. The van der Waals surface area contributed by atoms with Gasteiger partial charge in [0.15, 0.2) is 5.11 Å². The van der Waals surface area contributed by atoms with Gasteiger partial charge in [-0.15, -0.1) is 0 Å². The van der Waals surface area contributed by atoms with Crippen LogP contribution in [0, 0.1) is 5.92 Å². The normalized spacial score (nSPS) is 15.8. The lowest BCUT2D eigenvalue weighted by molar-refractivity contribution is 0.328. The first-order chi connectivity index (χ1) is 7.09. The van der Waals surface area contributed by atoms with Crippen molar-refractivity contribution in [2.75, 3.05) is 26.7 Å². The zero-order valence-electron chi connectivity index (χ0n) is 10.0. The van der Waals surface area contributed by atoms with Gasteiger partial charge in [0, 0.05) is 25.7 Å². The number of thiocarbonyl (C=S) groups is 1. The van der Waals surface area contributed by atoms with Crippen LogP contribution in [0.4, 0.5) is 0 Å². The van der Waals surface area contributed by atoms with Crippen LogP contribution in [-0.2, 0) is 0 Å². The van der Waals surface area contributed by atoms with Crippen LogP contribution in [0.25, 0.3) is 0 Å². The van der Waals surface area contributed by atoms with Gasteiger partial charge in [0.05, 0.1) is 0 Å². The van der Waals surface area contributed by atoms with Crippen LogP contribution in [0.2, 0.25) is 0 Å². The van der Waals surface area contributed by atoms with Crippen LogP contribution in [-0.4, -0.2) is 42.7 Å².